The number of carbonyl (C=O) groups is 1. The first kappa shape index (κ1) is 16.9. The molecule has 3 aliphatic carbocycles. The Morgan fingerprint density at radius 2 is 2.04 bits per heavy atom. The van der Waals surface area contributed by atoms with E-state index in [2.05, 4.69) is 16.4 Å². The molecular weight excluding hydrogens is 330 g/mol. The van der Waals surface area contributed by atoms with E-state index in [-0.39, 0.29) is 5.91 Å². The third kappa shape index (κ3) is 3.29. The lowest BCUT2D eigenvalue weighted by Crippen LogP contribution is -2.42. The van der Waals surface area contributed by atoms with Crippen molar-refractivity contribution in [3.8, 4) is 6.07 Å². The molecule has 3 fully saturated rings. The number of nitriles is 1. The van der Waals surface area contributed by atoms with Gasteiger partial charge in [-0.2, -0.15) is 5.26 Å². The van der Waals surface area contributed by atoms with Crippen LogP contribution in [-0.2, 0) is 0 Å². The lowest BCUT2D eigenvalue weighted by molar-refractivity contribution is 0.0898. The van der Waals surface area contributed by atoms with Crippen LogP contribution < -0.4 is 5.32 Å². The van der Waals surface area contributed by atoms with Gasteiger partial charge in [0.05, 0.1) is 5.56 Å². The van der Waals surface area contributed by atoms with Crippen molar-refractivity contribution in [3.05, 3.63) is 23.4 Å². The maximum atomic E-state index is 12.9. The molecule has 0 aromatic carbocycles. The number of amides is 1. The largest absolute Gasteiger partial charge is 0.349 e. The standard InChI is InChI=1S/C20H25N3OS/c1-2-25-20-17(5-4-16(11-21)22-20)19(24)23-18-6-3-13-7-12-8-14(13)10-15(18)9-12/h4-5,12-15,18H,2-3,6-10H2,1H3,(H,23,24). The summed E-state index contributed by atoms with van der Waals surface area (Å²) >= 11 is 1.53. The number of hydrogen-bond donors (Lipinski definition) is 1. The van der Waals surface area contributed by atoms with E-state index in [4.69, 9.17) is 5.26 Å². The normalized spacial score (nSPS) is 32.9. The Morgan fingerprint density at radius 1 is 1.24 bits per heavy atom. The molecule has 0 spiro atoms. The molecule has 0 radical (unpaired) electrons. The fraction of sp³-hybridized carbons (Fsp3) is 0.650. The molecule has 3 saturated carbocycles. The third-order valence-corrected chi connectivity index (χ3v) is 7.29. The summed E-state index contributed by atoms with van der Waals surface area (Å²) in [6, 6.07) is 5.77. The Morgan fingerprint density at radius 3 is 2.84 bits per heavy atom. The van der Waals surface area contributed by atoms with Gasteiger partial charge in [-0.1, -0.05) is 6.92 Å². The second-order valence-corrected chi connectivity index (χ2v) is 9.09. The number of fused-ring (bicyclic) bond motifs is 2. The van der Waals surface area contributed by atoms with E-state index in [1.54, 1.807) is 12.1 Å². The number of carbonyl (C=O) groups excluding carboxylic acids is 1. The van der Waals surface area contributed by atoms with Gasteiger partial charge in [0.1, 0.15) is 16.8 Å². The maximum Gasteiger partial charge on any atom is 0.254 e. The highest BCUT2D eigenvalue weighted by atomic mass is 32.2. The average Bonchev–Trinajstić information content (AvgIpc) is 2.85. The summed E-state index contributed by atoms with van der Waals surface area (Å²) in [6.45, 7) is 2.03. The second-order valence-electron chi connectivity index (χ2n) is 7.84. The van der Waals surface area contributed by atoms with Gasteiger partial charge in [-0.25, -0.2) is 4.98 Å². The van der Waals surface area contributed by atoms with Gasteiger partial charge in [-0.3, -0.25) is 4.79 Å². The van der Waals surface area contributed by atoms with E-state index in [0.29, 0.717) is 28.2 Å². The fourth-order valence-corrected chi connectivity index (χ4v) is 6.15. The van der Waals surface area contributed by atoms with Crippen LogP contribution in [0.2, 0.25) is 0 Å². The van der Waals surface area contributed by atoms with Crippen molar-refractivity contribution in [3.63, 3.8) is 0 Å². The molecule has 1 N–H and O–H groups in total. The van der Waals surface area contributed by atoms with Crippen LogP contribution >= 0.6 is 11.8 Å². The highest BCUT2D eigenvalue weighted by Crippen LogP contribution is 2.53. The molecule has 5 unspecified atom stereocenters. The molecule has 3 aliphatic rings. The van der Waals surface area contributed by atoms with Crippen LogP contribution in [0, 0.1) is 35.0 Å². The van der Waals surface area contributed by atoms with Crippen LogP contribution in [0.4, 0.5) is 0 Å². The van der Waals surface area contributed by atoms with Crippen molar-refractivity contribution in [1.82, 2.24) is 10.3 Å². The number of pyridine rings is 1. The van der Waals surface area contributed by atoms with Gasteiger partial charge in [0.2, 0.25) is 0 Å². The summed E-state index contributed by atoms with van der Waals surface area (Å²) < 4.78 is 0. The highest BCUT2D eigenvalue weighted by Gasteiger charge is 2.45. The molecule has 25 heavy (non-hydrogen) atoms. The maximum absolute atomic E-state index is 12.9. The third-order valence-electron chi connectivity index (χ3n) is 6.41. The van der Waals surface area contributed by atoms with Crippen molar-refractivity contribution in [2.75, 3.05) is 5.75 Å². The lowest BCUT2D eigenvalue weighted by atomic mass is 9.77. The lowest BCUT2D eigenvalue weighted by Gasteiger charge is -2.33. The molecule has 1 amide bonds. The van der Waals surface area contributed by atoms with Gasteiger partial charge >= 0.3 is 0 Å². The predicted octanol–water partition coefficient (Wildman–Crippen LogP) is 4.01. The van der Waals surface area contributed by atoms with Gasteiger partial charge in [-0.15, -0.1) is 11.8 Å². The Kier molecular flexibility index (Phi) is 4.73. The molecule has 1 aromatic heterocycles. The summed E-state index contributed by atoms with van der Waals surface area (Å²) in [4.78, 5) is 17.3. The van der Waals surface area contributed by atoms with Crippen molar-refractivity contribution in [2.24, 2.45) is 23.7 Å². The molecular formula is C20H25N3OS. The highest BCUT2D eigenvalue weighted by molar-refractivity contribution is 7.99. The fourth-order valence-electron chi connectivity index (χ4n) is 5.40. The van der Waals surface area contributed by atoms with Crippen LogP contribution in [0.5, 0.6) is 0 Å². The van der Waals surface area contributed by atoms with Crippen molar-refractivity contribution < 1.29 is 4.79 Å². The van der Waals surface area contributed by atoms with Crippen LogP contribution in [-0.4, -0.2) is 22.7 Å². The van der Waals surface area contributed by atoms with E-state index in [0.717, 1.165) is 29.9 Å². The van der Waals surface area contributed by atoms with E-state index in [1.165, 1.54) is 43.9 Å². The summed E-state index contributed by atoms with van der Waals surface area (Å²) in [6.07, 6.45) is 7.83. The average molecular weight is 356 g/mol. The van der Waals surface area contributed by atoms with Gasteiger partial charge < -0.3 is 5.32 Å². The summed E-state index contributed by atoms with van der Waals surface area (Å²) in [5.74, 6) is 4.17. The number of nitrogens with one attached hydrogen (secondary N) is 1. The Labute approximate surface area is 153 Å². The van der Waals surface area contributed by atoms with Gasteiger partial charge in [-0.05, 0) is 80.1 Å². The molecule has 1 heterocycles. The molecule has 0 saturated heterocycles. The SMILES string of the molecule is CCSc1nc(C#N)ccc1C(=O)NC1CCC2CC3CC2CC1C3. The van der Waals surface area contributed by atoms with Gasteiger partial charge in [0.25, 0.3) is 5.91 Å². The number of hydrogen-bond acceptors (Lipinski definition) is 4. The van der Waals surface area contributed by atoms with Crippen LogP contribution in [0.3, 0.4) is 0 Å². The zero-order valence-electron chi connectivity index (χ0n) is 14.7. The summed E-state index contributed by atoms with van der Waals surface area (Å²) in [7, 11) is 0. The Hall–Kier alpha value is -1.54. The number of nitrogens with zero attached hydrogens (tertiary/aromatic N) is 2. The Balaban J connectivity index is 1.51. The summed E-state index contributed by atoms with van der Waals surface area (Å²) in [5.41, 5.74) is 0.991. The van der Waals surface area contributed by atoms with Crippen molar-refractivity contribution in [2.45, 2.75) is 56.5 Å². The zero-order valence-corrected chi connectivity index (χ0v) is 15.5. The number of rotatable bonds is 4. The predicted molar refractivity (Wildman–Crippen MR) is 98.3 cm³/mol. The first-order valence-corrected chi connectivity index (χ1v) is 10.5. The Bertz CT molecular complexity index is 713. The van der Waals surface area contributed by atoms with Crippen molar-refractivity contribution >= 4 is 17.7 Å². The molecule has 5 heteroatoms. The molecule has 3 bridgehead atoms. The smallest absolute Gasteiger partial charge is 0.254 e. The minimum Gasteiger partial charge on any atom is -0.349 e. The van der Waals surface area contributed by atoms with Crippen LogP contribution in [0.1, 0.15) is 61.5 Å². The molecule has 132 valence electrons. The molecule has 1 aromatic rings. The van der Waals surface area contributed by atoms with E-state index >= 15 is 0 Å². The van der Waals surface area contributed by atoms with Crippen LogP contribution in [0.25, 0.3) is 0 Å². The quantitative estimate of drug-likeness (QED) is 0.829. The minimum absolute atomic E-state index is 0.0179. The molecule has 4 nitrogen and oxygen atoms in total. The van der Waals surface area contributed by atoms with Gasteiger partial charge in [0, 0.05) is 6.04 Å². The first-order valence-electron chi connectivity index (χ1n) is 9.52. The van der Waals surface area contributed by atoms with E-state index in [9.17, 15) is 4.79 Å². The zero-order chi connectivity index (χ0) is 17.4. The topological polar surface area (TPSA) is 65.8 Å². The van der Waals surface area contributed by atoms with Crippen LogP contribution in [0.15, 0.2) is 17.2 Å². The number of aromatic nitrogens is 1. The second kappa shape index (κ2) is 6.99. The van der Waals surface area contributed by atoms with E-state index in [1.807, 2.05) is 6.92 Å². The summed E-state index contributed by atoms with van der Waals surface area (Å²) in [5, 5.41) is 13.1. The van der Waals surface area contributed by atoms with Crippen molar-refractivity contribution in [1.29, 1.82) is 5.26 Å². The first-order chi connectivity index (χ1) is 12.2. The van der Waals surface area contributed by atoms with Gasteiger partial charge in [0.15, 0.2) is 0 Å². The minimum atomic E-state index is -0.0179. The van der Waals surface area contributed by atoms with E-state index < -0.39 is 0 Å². The monoisotopic (exact) mass is 355 g/mol. The number of thioether (sulfide) groups is 1. The molecule has 4 rings (SSSR count). The molecule has 0 aliphatic heterocycles. The molecule has 5 atom stereocenters.